The van der Waals surface area contributed by atoms with Gasteiger partial charge in [0, 0.05) is 29.6 Å². The molecule has 0 aromatic heterocycles. The third-order valence-corrected chi connectivity index (χ3v) is 5.34. The Balaban J connectivity index is 0.00000420. The van der Waals surface area contributed by atoms with Gasteiger partial charge in [-0.15, -0.1) is 0 Å². The van der Waals surface area contributed by atoms with Crippen LogP contribution < -0.4 is 0 Å². The van der Waals surface area contributed by atoms with Crippen LogP contribution in [0.2, 0.25) is 0 Å². The molecule has 0 saturated heterocycles. The SMILES string of the molecule is O=S(=O)(O)c1cc(N=C=S)ccc1C=Cc1ccc(N=C=S)cc1S(=O)(=O)O.[Na]. The second kappa shape index (κ2) is 10.6. The summed E-state index contributed by atoms with van der Waals surface area (Å²) in [5, 5.41) is 4.16. The van der Waals surface area contributed by atoms with Gasteiger partial charge in [-0.25, -0.2) is 0 Å². The molecule has 1 radical (unpaired) electrons. The van der Waals surface area contributed by atoms with Gasteiger partial charge in [0.25, 0.3) is 20.2 Å². The molecular formula is C16H10N2NaO6S4. The van der Waals surface area contributed by atoms with Gasteiger partial charge >= 0.3 is 0 Å². The molecule has 13 heteroatoms. The Morgan fingerprint density at radius 2 is 1.10 bits per heavy atom. The zero-order chi connectivity index (χ0) is 20.9. The normalized spacial score (nSPS) is 11.2. The number of thiocarbonyl (C=S) groups is 2. The second-order valence-electron chi connectivity index (χ2n) is 5.13. The summed E-state index contributed by atoms with van der Waals surface area (Å²) in [5.41, 5.74) is 0.405. The number of hydrogen-bond acceptors (Lipinski definition) is 8. The van der Waals surface area contributed by atoms with Gasteiger partial charge in [0.15, 0.2) is 0 Å². The van der Waals surface area contributed by atoms with Crippen LogP contribution in [0.1, 0.15) is 11.1 Å². The van der Waals surface area contributed by atoms with Gasteiger partial charge in [-0.1, -0.05) is 24.3 Å². The molecule has 145 valence electrons. The van der Waals surface area contributed by atoms with Crippen LogP contribution in [-0.4, -0.2) is 65.8 Å². The molecule has 0 aliphatic rings. The molecule has 0 bridgehead atoms. The number of nitrogens with zero attached hydrogens (tertiary/aromatic N) is 2. The van der Waals surface area contributed by atoms with Crippen molar-refractivity contribution in [2.45, 2.75) is 9.79 Å². The summed E-state index contributed by atoms with van der Waals surface area (Å²) < 4.78 is 65.4. The number of hydrogen-bond donors (Lipinski definition) is 2. The number of aliphatic imine (C=N–C) groups is 2. The predicted molar refractivity (Wildman–Crippen MR) is 117 cm³/mol. The maximum absolute atomic E-state index is 11.6. The topological polar surface area (TPSA) is 133 Å². The monoisotopic (exact) mass is 477 g/mol. The molecule has 0 atom stereocenters. The fourth-order valence-electron chi connectivity index (χ4n) is 2.19. The summed E-state index contributed by atoms with van der Waals surface area (Å²) in [5.74, 6) is 0. The molecular weight excluding hydrogens is 467 g/mol. The molecule has 0 unspecified atom stereocenters. The molecule has 0 amide bonds. The smallest absolute Gasteiger partial charge is 0.282 e. The average Bonchev–Trinajstić information content (AvgIpc) is 2.60. The summed E-state index contributed by atoms with van der Waals surface area (Å²) in [6.07, 6.45) is 2.50. The number of rotatable bonds is 6. The molecule has 0 heterocycles. The van der Waals surface area contributed by atoms with Gasteiger partial charge in [-0.3, -0.25) is 9.11 Å². The maximum atomic E-state index is 11.6. The first kappa shape index (κ1) is 25.6. The minimum absolute atomic E-state index is 0. The van der Waals surface area contributed by atoms with E-state index < -0.39 is 30.0 Å². The molecule has 8 nitrogen and oxygen atoms in total. The summed E-state index contributed by atoms with van der Waals surface area (Å²) >= 11 is 8.91. The van der Waals surface area contributed by atoms with Crippen molar-refractivity contribution in [2.24, 2.45) is 9.98 Å². The molecule has 2 aromatic rings. The van der Waals surface area contributed by atoms with Gasteiger partial charge < -0.3 is 0 Å². The predicted octanol–water partition coefficient (Wildman–Crippen LogP) is 3.44. The van der Waals surface area contributed by atoms with E-state index in [2.05, 4.69) is 44.7 Å². The van der Waals surface area contributed by atoms with Crippen LogP contribution in [0.25, 0.3) is 12.2 Å². The first-order valence-corrected chi connectivity index (χ1v) is 10.8. The van der Waals surface area contributed by atoms with E-state index >= 15 is 0 Å². The van der Waals surface area contributed by atoms with E-state index in [-0.39, 0.29) is 52.1 Å². The van der Waals surface area contributed by atoms with E-state index in [1.807, 2.05) is 0 Å². The van der Waals surface area contributed by atoms with Crippen LogP contribution in [0.5, 0.6) is 0 Å². The number of benzene rings is 2. The summed E-state index contributed by atoms with van der Waals surface area (Å²) in [6, 6.07) is 7.68. The Morgan fingerprint density at radius 3 is 1.38 bits per heavy atom. The molecule has 29 heavy (non-hydrogen) atoms. The average molecular weight is 478 g/mol. The van der Waals surface area contributed by atoms with Crippen molar-refractivity contribution in [3.8, 4) is 0 Å². The summed E-state index contributed by atoms with van der Waals surface area (Å²) in [7, 11) is -9.21. The molecule has 0 aliphatic carbocycles. The van der Waals surface area contributed by atoms with Crippen molar-refractivity contribution in [2.75, 3.05) is 0 Å². The van der Waals surface area contributed by atoms with Crippen LogP contribution in [0.4, 0.5) is 11.4 Å². The Bertz CT molecular complexity index is 1180. The molecule has 2 aromatic carbocycles. The minimum atomic E-state index is -4.61. The maximum Gasteiger partial charge on any atom is 0.295 e. The Hall–Kier alpha value is -1.40. The fourth-order valence-corrected chi connectivity index (χ4v) is 3.81. The number of isothiocyanates is 2. The molecule has 0 spiro atoms. The van der Waals surface area contributed by atoms with Crippen LogP contribution >= 0.6 is 24.4 Å². The second-order valence-corrected chi connectivity index (χ2v) is 8.28. The van der Waals surface area contributed by atoms with E-state index in [0.717, 1.165) is 12.1 Å². The third kappa shape index (κ3) is 7.10. The summed E-state index contributed by atoms with van der Waals surface area (Å²) in [4.78, 5) is 6.35. The summed E-state index contributed by atoms with van der Waals surface area (Å²) in [6.45, 7) is 0. The van der Waals surface area contributed by atoms with Crippen molar-refractivity contribution < 1.29 is 25.9 Å². The molecule has 0 fully saturated rings. The molecule has 2 rings (SSSR count). The van der Waals surface area contributed by atoms with Crippen LogP contribution in [-0.2, 0) is 20.2 Å². The third-order valence-electron chi connectivity index (χ3n) is 3.34. The van der Waals surface area contributed by atoms with E-state index in [4.69, 9.17) is 0 Å². The Morgan fingerprint density at radius 1 is 0.759 bits per heavy atom. The van der Waals surface area contributed by atoms with Gasteiger partial charge in [0.2, 0.25) is 0 Å². The van der Waals surface area contributed by atoms with Crippen LogP contribution in [0, 0.1) is 0 Å². The van der Waals surface area contributed by atoms with E-state index in [1.165, 1.54) is 36.4 Å². The first-order chi connectivity index (χ1) is 13.1. The van der Waals surface area contributed by atoms with Crippen LogP contribution in [0.3, 0.4) is 0 Å². The van der Waals surface area contributed by atoms with Crippen molar-refractivity contribution in [1.82, 2.24) is 0 Å². The fraction of sp³-hybridized carbons (Fsp3) is 0. The zero-order valence-electron chi connectivity index (χ0n) is 14.7. The molecule has 0 aliphatic heterocycles. The zero-order valence-corrected chi connectivity index (χ0v) is 19.9. The van der Waals surface area contributed by atoms with Gasteiger partial charge in [-0.05, 0) is 59.8 Å². The Kier molecular flexibility index (Phi) is 9.35. The van der Waals surface area contributed by atoms with Crippen molar-refractivity contribution >= 4 is 108 Å². The van der Waals surface area contributed by atoms with Gasteiger partial charge in [-0.2, -0.15) is 26.8 Å². The first-order valence-electron chi connectivity index (χ1n) is 7.13. The minimum Gasteiger partial charge on any atom is -0.282 e. The standard InChI is InChI=1S/C16H10N2O6S4.Na/c19-27(20,21)15-7-13(17-9-25)5-3-11(15)1-2-12-4-6-14(18-10-26)8-16(12)28(22,23)24;/h1-8H,(H,19,20,21)(H,22,23,24);. The molecule has 0 saturated carbocycles. The van der Waals surface area contributed by atoms with E-state index in [9.17, 15) is 25.9 Å². The van der Waals surface area contributed by atoms with Gasteiger partial charge in [0.1, 0.15) is 9.79 Å². The van der Waals surface area contributed by atoms with E-state index in [1.54, 1.807) is 0 Å². The van der Waals surface area contributed by atoms with E-state index in [0.29, 0.717) is 0 Å². The van der Waals surface area contributed by atoms with Crippen molar-refractivity contribution in [1.29, 1.82) is 0 Å². The van der Waals surface area contributed by atoms with Crippen molar-refractivity contribution in [3.63, 3.8) is 0 Å². The largest absolute Gasteiger partial charge is 0.295 e. The Labute approximate surface area is 199 Å². The molecule has 2 N–H and O–H groups in total. The quantitative estimate of drug-likeness (QED) is 0.212. The van der Waals surface area contributed by atoms with Gasteiger partial charge in [0.05, 0.1) is 21.7 Å². The van der Waals surface area contributed by atoms with Crippen LogP contribution in [0.15, 0.2) is 56.2 Å². The van der Waals surface area contributed by atoms with Crippen molar-refractivity contribution in [3.05, 3.63) is 47.5 Å².